The molecule has 0 radical (unpaired) electrons. The van der Waals surface area contributed by atoms with Crippen molar-refractivity contribution in [1.82, 2.24) is 29.3 Å². The highest BCUT2D eigenvalue weighted by atomic mass is 35.5. The van der Waals surface area contributed by atoms with E-state index in [1.54, 1.807) is 48.7 Å². The van der Waals surface area contributed by atoms with Gasteiger partial charge >= 0.3 is 12.2 Å². The third-order valence-electron chi connectivity index (χ3n) is 12.4. The number of nitrogens with zero attached hydrogens (tertiary/aromatic N) is 6. The molecular formula is C48H52ClN7O11. The van der Waals surface area contributed by atoms with Crippen LogP contribution in [-0.2, 0) is 20.8 Å². The van der Waals surface area contributed by atoms with E-state index in [0.29, 0.717) is 57.6 Å². The molecule has 0 saturated carbocycles. The topological polar surface area (TPSA) is 193 Å². The molecule has 19 heteroatoms. The zero-order chi connectivity index (χ0) is 47.7. The molecule has 1 fully saturated rings. The van der Waals surface area contributed by atoms with E-state index in [0.717, 1.165) is 39.3 Å². The molecule has 2 amide bonds. The highest BCUT2D eigenvalue weighted by molar-refractivity contribution is 6.34. The summed E-state index contributed by atoms with van der Waals surface area (Å²) in [4.78, 5) is 42.9. The molecule has 0 spiro atoms. The lowest BCUT2D eigenvalue weighted by Crippen LogP contribution is -2.40. The molecule has 2 aromatic carbocycles. The smallest absolute Gasteiger partial charge is 0.410 e. The van der Waals surface area contributed by atoms with Crippen LogP contribution in [0.3, 0.4) is 0 Å². The minimum atomic E-state index is -0.734. The van der Waals surface area contributed by atoms with Crippen LogP contribution in [0.4, 0.5) is 15.5 Å². The van der Waals surface area contributed by atoms with E-state index in [1.807, 2.05) is 48.9 Å². The number of rotatable bonds is 13. The molecule has 0 bridgehead atoms. The Morgan fingerprint density at radius 1 is 0.925 bits per heavy atom. The van der Waals surface area contributed by atoms with Crippen LogP contribution < -0.4 is 34.2 Å². The van der Waals surface area contributed by atoms with E-state index < -0.39 is 18.3 Å². The van der Waals surface area contributed by atoms with Gasteiger partial charge in [-0.1, -0.05) is 30.0 Å². The van der Waals surface area contributed by atoms with Crippen molar-refractivity contribution in [2.24, 2.45) is 11.8 Å². The van der Waals surface area contributed by atoms with Gasteiger partial charge in [0.15, 0.2) is 23.0 Å². The van der Waals surface area contributed by atoms with E-state index in [-0.39, 0.29) is 68.4 Å². The predicted octanol–water partition coefficient (Wildman–Crippen LogP) is 7.03. The first-order chi connectivity index (χ1) is 32.3. The van der Waals surface area contributed by atoms with Crippen LogP contribution in [0.15, 0.2) is 49.0 Å². The lowest BCUT2D eigenvalue weighted by molar-refractivity contribution is 0.0178. The van der Waals surface area contributed by atoms with Crippen LogP contribution in [0.1, 0.15) is 57.5 Å². The van der Waals surface area contributed by atoms with Gasteiger partial charge in [0.05, 0.1) is 64.0 Å². The summed E-state index contributed by atoms with van der Waals surface area (Å²) in [6, 6.07) is 7.61. The molecule has 3 aromatic heterocycles. The molecule has 4 atom stereocenters. The zero-order valence-electron chi connectivity index (χ0n) is 38.6. The van der Waals surface area contributed by atoms with Gasteiger partial charge in [-0.3, -0.25) is 4.98 Å². The van der Waals surface area contributed by atoms with Gasteiger partial charge in [0, 0.05) is 80.4 Å². The number of carbonyl (C=O) groups is 2. The maximum Gasteiger partial charge on any atom is 0.410 e. The number of nitrogens with two attached hydrogens (primary N) is 1. The van der Waals surface area contributed by atoms with Gasteiger partial charge in [0.1, 0.15) is 29.3 Å². The van der Waals surface area contributed by atoms with Crippen molar-refractivity contribution >= 4 is 40.8 Å². The number of methoxy groups -OCH3 is 4. The first kappa shape index (κ1) is 46.3. The zero-order valence-corrected chi connectivity index (χ0v) is 39.3. The van der Waals surface area contributed by atoms with Gasteiger partial charge < -0.3 is 62.7 Å². The molecule has 1 saturated heterocycles. The molecule has 5 aromatic rings. The number of hydrogen-bond acceptors (Lipinski definition) is 15. The summed E-state index contributed by atoms with van der Waals surface area (Å²) in [6.45, 7) is 9.18. The second-order valence-electron chi connectivity index (χ2n) is 16.3. The summed E-state index contributed by atoms with van der Waals surface area (Å²) in [5.41, 5.74) is 12.1. The number of aryl methyl sites for hydroxylation is 1. The second kappa shape index (κ2) is 19.3. The molecule has 1 aliphatic carbocycles. The number of halogens is 1. The Hall–Kier alpha value is -7.26. The Labute approximate surface area is 392 Å². The largest absolute Gasteiger partial charge is 0.498 e. The predicted molar refractivity (Wildman–Crippen MR) is 246 cm³/mol. The average molecular weight is 938 g/mol. The fourth-order valence-electron chi connectivity index (χ4n) is 8.99. The summed E-state index contributed by atoms with van der Waals surface area (Å²) < 4.78 is 54.1. The third kappa shape index (κ3) is 8.90. The molecule has 352 valence electrons. The second-order valence-corrected chi connectivity index (χ2v) is 16.7. The fourth-order valence-corrected chi connectivity index (χ4v) is 9.26. The maximum atomic E-state index is 13.9. The number of fused-ring (bicyclic) bond motifs is 4. The lowest BCUT2D eigenvalue weighted by atomic mass is 9.65. The molecule has 18 nitrogen and oxygen atoms in total. The van der Waals surface area contributed by atoms with Crippen molar-refractivity contribution in [3.8, 4) is 46.3 Å². The van der Waals surface area contributed by atoms with Crippen molar-refractivity contribution in [1.29, 1.82) is 0 Å². The number of anilines is 1. The SMILES string of the molecule is C=C1OC[C@@H]2[C@H]1[C@H](c1cc(OC)c(OC)c(OC)c1)c1cc3c(cc1[C@@H]2OC(=O)N(C)CCN(C)C(=O)OCCC#Cc1cn(Cc2ncc(C)c(OC)c2C)c2nc(N)nc(Cl)c12)OCO3. The molecule has 3 aliphatic rings. The quantitative estimate of drug-likeness (QED) is 0.0718. The van der Waals surface area contributed by atoms with Gasteiger partial charge in [-0.2, -0.15) is 4.98 Å². The van der Waals surface area contributed by atoms with Crippen LogP contribution in [0.25, 0.3) is 11.0 Å². The Morgan fingerprint density at radius 2 is 1.60 bits per heavy atom. The summed E-state index contributed by atoms with van der Waals surface area (Å²) in [6.07, 6.45) is 1.90. The van der Waals surface area contributed by atoms with Gasteiger partial charge in [-0.25, -0.2) is 14.6 Å². The molecule has 2 N–H and O–H groups in total. The van der Waals surface area contributed by atoms with Gasteiger partial charge in [0.25, 0.3) is 0 Å². The number of allylic oxidation sites excluding steroid dienone is 1. The summed E-state index contributed by atoms with van der Waals surface area (Å²) >= 11 is 6.55. The summed E-state index contributed by atoms with van der Waals surface area (Å²) in [5.74, 6) is 9.17. The molecule has 5 heterocycles. The van der Waals surface area contributed by atoms with Crippen molar-refractivity contribution in [2.45, 2.75) is 38.8 Å². The molecule has 8 rings (SSSR count). The number of hydrogen-bond donors (Lipinski definition) is 1. The highest BCUT2D eigenvalue weighted by Gasteiger charge is 2.52. The van der Waals surface area contributed by atoms with E-state index in [4.69, 9.17) is 60.0 Å². The number of pyridine rings is 1. The summed E-state index contributed by atoms with van der Waals surface area (Å²) in [7, 11) is 9.51. The Balaban J connectivity index is 0.911. The average Bonchev–Trinajstić information content (AvgIpc) is 4.04. The number of ether oxygens (including phenoxy) is 9. The van der Waals surface area contributed by atoms with Crippen molar-refractivity contribution in [3.63, 3.8) is 0 Å². The van der Waals surface area contributed by atoms with Crippen molar-refractivity contribution in [3.05, 3.63) is 93.2 Å². The molecular weight excluding hydrogens is 886 g/mol. The van der Waals surface area contributed by atoms with Crippen LogP contribution in [0, 0.1) is 37.5 Å². The maximum absolute atomic E-state index is 13.9. The van der Waals surface area contributed by atoms with Gasteiger partial charge in [0.2, 0.25) is 18.5 Å². The minimum Gasteiger partial charge on any atom is -0.498 e. The van der Waals surface area contributed by atoms with Crippen LogP contribution >= 0.6 is 11.6 Å². The number of carbonyl (C=O) groups excluding carboxylic acids is 2. The Kier molecular flexibility index (Phi) is 13.3. The number of benzene rings is 2. The Morgan fingerprint density at radius 3 is 2.27 bits per heavy atom. The number of nitrogen functional groups attached to an aromatic ring is 1. The third-order valence-corrected chi connectivity index (χ3v) is 12.6. The fraction of sp³-hybridized carbons (Fsp3) is 0.396. The van der Waals surface area contributed by atoms with E-state index in [2.05, 4.69) is 33.4 Å². The minimum absolute atomic E-state index is 0.0166. The van der Waals surface area contributed by atoms with Crippen LogP contribution in [0.2, 0.25) is 5.15 Å². The van der Waals surface area contributed by atoms with E-state index >= 15 is 0 Å². The van der Waals surface area contributed by atoms with Crippen molar-refractivity contribution < 1.29 is 52.2 Å². The standard InChI is InChI=1S/C48H52ClN7O11/c1-25-20-51-33(26(2)41(25)61-8)22-56-21-28(40-44(49)52-46(50)53-45(40)56)12-10-11-15-63-47(57)54(4)13-14-55(5)48(58)67-42-31-19-35-34(65-24-66-35)18-30(31)39(38-27(3)64-23-32(38)42)29-16-36(59-6)43(62-9)37(17-29)60-7/h16-21,32,38-39,42H,3,11,13-15,22-24H2,1-2,4-9H3,(H2,50,52,53)/t32-,38+,39-,42+/m1/s1. The number of amides is 2. The van der Waals surface area contributed by atoms with Gasteiger partial charge in [-0.05, 0) is 49.2 Å². The molecule has 67 heavy (non-hydrogen) atoms. The lowest BCUT2D eigenvalue weighted by Gasteiger charge is -2.40. The van der Waals surface area contributed by atoms with Crippen molar-refractivity contribution in [2.75, 3.05) is 81.4 Å². The first-order valence-electron chi connectivity index (χ1n) is 21.4. The molecule has 2 aliphatic heterocycles. The summed E-state index contributed by atoms with van der Waals surface area (Å²) in [5, 5.41) is 0.708. The number of aromatic nitrogens is 4. The Bertz CT molecular complexity index is 2800. The normalized spacial score (nSPS) is 17.7. The van der Waals surface area contributed by atoms with Crippen LogP contribution in [0.5, 0.6) is 34.5 Å². The van der Waals surface area contributed by atoms with E-state index in [1.165, 1.54) is 9.80 Å². The van der Waals surface area contributed by atoms with E-state index in [9.17, 15) is 9.59 Å². The highest BCUT2D eigenvalue weighted by Crippen LogP contribution is 2.58. The monoisotopic (exact) mass is 937 g/mol. The van der Waals surface area contributed by atoms with Gasteiger partial charge in [-0.15, -0.1) is 0 Å². The van der Waals surface area contributed by atoms with Crippen LogP contribution in [-0.4, -0.2) is 117 Å². The number of likely N-dealkylation sites (N-methyl/N-ethyl adjacent to an activating group) is 2. The first-order valence-corrected chi connectivity index (χ1v) is 21.8. The molecule has 0 unspecified atom stereocenters.